The van der Waals surface area contributed by atoms with Gasteiger partial charge in [-0.3, -0.25) is 0 Å². The second kappa shape index (κ2) is 6.21. The number of rotatable bonds is 3. The summed E-state index contributed by atoms with van der Waals surface area (Å²) in [5.41, 5.74) is 1.93. The number of halogens is 1. The molecule has 4 nitrogen and oxygen atoms in total. The van der Waals surface area contributed by atoms with Gasteiger partial charge in [-0.1, -0.05) is 15.9 Å². The number of anilines is 1. The van der Waals surface area contributed by atoms with Gasteiger partial charge in [0.05, 0.1) is 13.2 Å². The lowest BCUT2D eigenvalue weighted by Gasteiger charge is -2.36. The van der Waals surface area contributed by atoms with Gasteiger partial charge < -0.3 is 14.7 Å². The Hall–Kier alpha value is -1.33. The first-order chi connectivity index (χ1) is 9.08. The third-order valence-electron chi connectivity index (χ3n) is 3.07. The molecule has 2 rings (SSSR count). The fourth-order valence-corrected chi connectivity index (χ4v) is 2.55. The van der Waals surface area contributed by atoms with E-state index in [-0.39, 0.29) is 6.04 Å². The van der Waals surface area contributed by atoms with Gasteiger partial charge in [0, 0.05) is 28.8 Å². The molecule has 1 heterocycles. The third kappa shape index (κ3) is 3.58. The highest BCUT2D eigenvalue weighted by Gasteiger charge is 2.20. The van der Waals surface area contributed by atoms with Crippen LogP contribution in [-0.4, -0.2) is 36.9 Å². The van der Waals surface area contributed by atoms with E-state index in [1.54, 1.807) is 6.08 Å². The molecular formula is C14H16BrNO3. The Balaban J connectivity index is 2.35. The maximum absolute atomic E-state index is 10.7. The Morgan fingerprint density at radius 3 is 3.05 bits per heavy atom. The zero-order valence-corrected chi connectivity index (χ0v) is 12.3. The second-order valence-corrected chi connectivity index (χ2v) is 5.41. The Labute approximate surface area is 120 Å². The number of aliphatic carboxylic acids is 1. The minimum absolute atomic E-state index is 0.284. The van der Waals surface area contributed by atoms with Crippen LogP contribution in [0.2, 0.25) is 0 Å². The standard InChI is InChI=1S/C14H16BrNO3/c1-10-9-19-7-6-16(10)13-4-3-12(15)8-11(13)2-5-14(17)18/h2-5,8,10H,6-7,9H2,1H3,(H,17,18)/b5-2+. The van der Waals surface area contributed by atoms with Crippen molar-refractivity contribution in [1.29, 1.82) is 0 Å². The molecule has 1 aromatic carbocycles. The fraction of sp³-hybridized carbons (Fsp3) is 0.357. The van der Waals surface area contributed by atoms with E-state index < -0.39 is 5.97 Å². The highest BCUT2D eigenvalue weighted by atomic mass is 79.9. The molecular weight excluding hydrogens is 310 g/mol. The highest BCUT2D eigenvalue weighted by Crippen LogP contribution is 2.28. The van der Waals surface area contributed by atoms with Crippen LogP contribution < -0.4 is 4.90 Å². The second-order valence-electron chi connectivity index (χ2n) is 4.49. The number of hydrogen-bond acceptors (Lipinski definition) is 3. The summed E-state index contributed by atoms with van der Waals surface area (Å²) in [6.45, 7) is 4.31. The fourth-order valence-electron chi connectivity index (χ4n) is 2.17. The Morgan fingerprint density at radius 2 is 2.37 bits per heavy atom. The molecule has 1 aromatic rings. The normalized spacial score (nSPS) is 19.9. The van der Waals surface area contributed by atoms with Gasteiger partial charge >= 0.3 is 5.97 Å². The van der Waals surface area contributed by atoms with E-state index >= 15 is 0 Å². The molecule has 1 atom stereocenters. The van der Waals surface area contributed by atoms with E-state index in [1.807, 2.05) is 18.2 Å². The van der Waals surface area contributed by atoms with Crippen LogP contribution in [0.3, 0.4) is 0 Å². The van der Waals surface area contributed by atoms with Gasteiger partial charge in [0.25, 0.3) is 0 Å². The molecule has 1 unspecified atom stereocenters. The molecule has 0 amide bonds. The van der Waals surface area contributed by atoms with Crippen molar-refractivity contribution in [2.24, 2.45) is 0 Å². The summed E-state index contributed by atoms with van der Waals surface area (Å²) in [7, 11) is 0. The Bertz CT molecular complexity index is 501. The lowest BCUT2D eigenvalue weighted by molar-refractivity contribution is -0.131. The molecule has 19 heavy (non-hydrogen) atoms. The largest absolute Gasteiger partial charge is 0.478 e. The van der Waals surface area contributed by atoms with Gasteiger partial charge in [0.15, 0.2) is 0 Å². The number of hydrogen-bond donors (Lipinski definition) is 1. The topological polar surface area (TPSA) is 49.8 Å². The van der Waals surface area contributed by atoms with E-state index in [0.717, 1.165) is 28.3 Å². The molecule has 0 spiro atoms. The van der Waals surface area contributed by atoms with Crippen LogP contribution >= 0.6 is 15.9 Å². The first-order valence-corrected chi connectivity index (χ1v) is 6.92. The van der Waals surface area contributed by atoms with Crippen molar-refractivity contribution in [3.63, 3.8) is 0 Å². The quantitative estimate of drug-likeness (QED) is 0.868. The molecule has 0 aromatic heterocycles. The molecule has 1 aliphatic heterocycles. The van der Waals surface area contributed by atoms with E-state index in [0.29, 0.717) is 13.2 Å². The first kappa shape index (κ1) is 14.1. The molecule has 0 radical (unpaired) electrons. The lowest BCUT2D eigenvalue weighted by atomic mass is 10.1. The van der Waals surface area contributed by atoms with Crippen molar-refractivity contribution < 1.29 is 14.6 Å². The van der Waals surface area contributed by atoms with E-state index in [4.69, 9.17) is 9.84 Å². The van der Waals surface area contributed by atoms with Crippen molar-refractivity contribution in [2.75, 3.05) is 24.7 Å². The van der Waals surface area contributed by atoms with Gasteiger partial charge in [-0.05, 0) is 36.8 Å². The molecule has 1 N–H and O–H groups in total. The first-order valence-electron chi connectivity index (χ1n) is 6.13. The number of morpholine rings is 1. The predicted molar refractivity (Wildman–Crippen MR) is 78.4 cm³/mol. The summed E-state index contributed by atoms with van der Waals surface area (Å²) in [6, 6.07) is 6.19. The monoisotopic (exact) mass is 325 g/mol. The Kier molecular flexibility index (Phi) is 4.61. The molecule has 5 heteroatoms. The van der Waals surface area contributed by atoms with Crippen LogP contribution in [0.25, 0.3) is 6.08 Å². The van der Waals surface area contributed by atoms with Crippen molar-refractivity contribution >= 4 is 33.7 Å². The van der Waals surface area contributed by atoms with Gasteiger partial charge in [-0.25, -0.2) is 4.79 Å². The van der Waals surface area contributed by atoms with Crippen molar-refractivity contribution in [3.8, 4) is 0 Å². The number of benzene rings is 1. The lowest BCUT2D eigenvalue weighted by Crippen LogP contribution is -2.44. The molecule has 1 fully saturated rings. The zero-order valence-electron chi connectivity index (χ0n) is 10.7. The Morgan fingerprint density at radius 1 is 1.58 bits per heavy atom. The summed E-state index contributed by atoms with van der Waals surface area (Å²) < 4.78 is 6.36. The van der Waals surface area contributed by atoms with Crippen LogP contribution in [0.4, 0.5) is 5.69 Å². The zero-order chi connectivity index (χ0) is 13.8. The maximum Gasteiger partial charge on any atom is 0.328 e. The predicted octanol–water partition coefficient (Wildman–Crippen LogP) is 2.77. The summed E-state index contributed by atoms with van der Waals surface area (Å²) in [4.78, 5) is 12.9. The van der Waals surface area contributed by atoms with Crippen LogP contribution in [0, 0.1) is 0 Å². The van der Waals surface area contributed by atoms with E-state index in [1.165, 1.54) is 0 Å². The summed E-state index contributed by atoms with van der Waals surface area (Å²) in [6.07, 6.45) is 2.79. The van der Waals surface area contributed by atoms with E-state index in [9.17, 15) is 4.79 Å². The van der Waals surface area contributed by atoms with Crippen molar-refractivity contribution in [1.82, 2.24) is 0 Å². The summed E-state index contributed by atoms with van der Waals surface area (Å²) >= 11 is 3.42. The molecule has 0 bridgehead atoms. The maximum atomic E-state index is 10.7. The number of ether oxygens (including phenoxy) is 1. The summed E-state index contributed by atoms with van der Waals surface area (Å²) in [5, 5.41) is 8.77. The van der Waals surface area contributed by atoms with Gasteiger partial charge in [-0.2, -0.15) is 0 Å². The third-order valence-corrected chi connectivity index (χ3v) is 3.57. The number of carboxylic acids is 1. The molecule has 102 valence electrons. The summed E-state index contributed by atoms with van der Waals surface area (Å²) in [5.74, 6) is -0.944. The number of carbonyl (C=O) groups is 1. The highest BCUT2D eigenvalue weighted by molar-refractivity contribution is 9.10. The van der Waals surface area contributed by atoms with Crippen molar-refractivity contribution in [3.05, 3.63) is 34.3 Å². The van der Waals surface area contributed by atoms with Crippen LogP contribution in [0.5, 0.6) is 0 Å². The minimum Gasteiger partial charge on any atom is -0.478 e. The van der Waals surface area contributed by atoms with Crippen molar-refractivity contribution in [2.45, 2.75) is 13.0 Å². The van der Waals surface area contributed by atoms with Gasteiger partial charge in [0.2, 0.25) is 0 Å². The smallest absolute Gasteiger partial charge is 0.328 e. The van der Waals surface area contributed by atoms with Gasteiger partial charge in [0.1, 0.15) is 0 Å². The van der Waals surface area contributed by atoms with Gasteiger partial charge in [-0.15, -0.1) is 0 Å². The SMILES string of the molecule is CC1COCCN1c1ccc(Br)cc1/C=C/C(=O)O. The average Bonchev–Trinajstić information content (AvgIpc) is 2.37. The van der Waals surface area contributed by atoms with Crippen LogP contribution in [-0.2, 0) is 9.53 Å². The molecule has 0 aliphatic carbocycles. The average molecular weight is 326 g/mol. The van der Waals surface area contributed by atoms with E-state index in [2.05, 4.69) is 27.8 Å². The molecule has 1 saturated heterocycles. The molecule has 0 saturated carbocycles. The van der Waals surface area contributed by atoms with Crippen LogP contribution in [0.1, 0.15) is 12.5 Å². The minimum atomic E-state index is -0.944. The molecule has 1 aliphatic rings. The number of carboxylic acid groups (broad SMARTS) is 1. The van der Waals surface area contributed by atoms with Crippen LogP contribution in [0.15, 0.2) is 28.7 Å². The number of nitrogens with zero attached hydrogens (tertiary/aromatic N) is 1.